The molecule has 2 aromatic rings. The average Bonchev–Trinajstić information content (AvgIpc) is 3.26. The first-order valence-corrected chi connectivity index (χ1v) is 7.20. The van der Waals surface area contributed by atoms with Gasteiger partial charge in [0.15, 0.2) is 0 Å². The fourth-order valence-corrected chi connectivity index (χ4v) is 2.43. The molecule has 0 N–H and O–H groups in total. The molecule has 1 aliphatic carbocycles. The normalized spacial score (nSPS) is 14.7. The van der Waals surface area contributed by atoms with E-state index in [0.717, 1.165) is 29.1 Å². The van der Waals surface area contributed by atoms with E-state index in [-0.39, 0.29) is 0 Å². The molecule has 0 aliphatic heterocycles. The summed E-state index contributed by atoms with van der Waals surface area (Å²) in [7, 11) is 0. The third kappa shape index (κ3) is 2.50. The van der Waals surface area contributed by atoms with E-state index < -0.39 is 0 Å². The summed E-state index contributed by atoms with van der Waals surface area (Å²) in [6.45, 7) is 4.15. The smallest absolute Gasteiger partial charge is 0.136 e. The Labute approximate surface area is 118 Å². The van der Waals surface area contributed by atoms with Crippen LogP contribution in [0.5, 0.6) is 0 Å². The number of benzene rings is 1. The predicted octanol–water partition coefficient (Wildman–Crippen LogP) is 4.55. The van der Waals surface area contributed by atoms with Crippen LogP contribution in [0.2, 0.25) is 5.15 Å². The lowest BCUT2D eigenvalue weighted by Gasteiger charge is -2.10. The zero-order valence-electron chi connectivity index (χ0n) is 11.3. The lowest BCUT2D eigenvalue weighted by atomic mass is 10.0. The molecule has 0 radical (unpaired) electrons. The van der Waals surface area contributed by atoms with Gasteiger partial charge in [-0.05, 0) is 37.8 Å². The largest absolute Gasteiger partial charge is 0.232 e. The molecule has 1 heterocycles. The Bertz CT molecular complexity index is 618. The van der Waals surface area contributed by atoms with Crippen molar-refractivity contribution in [3.05, 3.63) is 46.4 Å². The molecule has 1 aromatic heterocycles. The van der Waals surface area contributed by atoms with Crippen LogP contribution in [0.4, 0.5) is 0 Å². The summed E-state index contributed by atoms with van der Waals surface area (Å²) in [4.78, 5) is 9.16. The summed E-state index contributed by atoms with van der Waals surface area (Å²) in [5.41, 5.74) is 4.42. The van der Waals surface area contributed by atoms with Crippen molar-refractivity contribution in [1.82, 2.24) is 9.97 Å². The third-order valence-corrected chi connectivity index (χ3v) is 4.02. The van der Waals surface area contributed by atoms with Crippen molar-refractivity contribution >= 4 is 11.6 Å². The Morgan fingerprint density at radius 3 is 2.74 bits per heavy atom. The summed E-state index contributed by atoms with van der Waals surface area (Å²) in [6, 6.07) is 8.52. The fraction of sp³-hybridized carbons (Fsp3) is 0.375. The summed E-state index contributed by atoms with van der Waals surface area (Å²) >= 11 is 6.26. The van der Waals surface area contributed by atoms with Gasteiger partial charge in [-0.2, -0.15) is 0 Å². The highest BCUT2D eigenvalue weighted by molar-refractivity contribution is 6.30. The maximum atomic E-state index is 6.26. The number of aryl methyl sites for hydroxylation is 1. The van der Waals surface area contributed by atoms with Crippen LogP contribution in [-0.4, -0.2) is 9.97 Å². The summed E-state index contributed by atoms with van der Waals surface area (Å²) < 4.78 is 0. The minimum Gasteiger partial charge on any atom is -0.232 e. The van der Waals surface area contributed by atoms with Crippen LogP contribution in [-0.2, 0) is 6.42 Å². The van der Waals surface area contributed by atoms with Crippen LogP contribution in [0.1, 0.15) is 42.6 Å². The molecule has 0 unspecified atom stereocenters. The molecule has 1 saturated carbocycles. The van der Waals surface area contributed by atoms with Crippen molar-refractivity contribution in [3.63, 3.8) is 0 Å². The maximum absolute atomic E-state index is 6.26. The molecule has 0 saturated heterocycles. The Hall–Kier alpha value is -1.41. The molecule has 3 rings (SSSR count). The molecule has 19 heavy (non-hydrogen) atoms. The Kier molecular flexibility index (Phi) is 3.28. The molecular weight excluding hydrogens is 256 g/mol. The van der Waals surface area contributed by atoms with E-state index in [9.17, 15) is 0 Å². The minimum atomic E-state index is 0.520. The van der Waals surface area contributed by atoms with E-state index in [2.05, 4.69) is 36.2 Å². The van der Waals surface area contributed by atoms with Crippen LogP contribution < -0.4 is 0 Å². The quantitative estimate of drug-likeness (QED) is 0.767. The highest BCUT2D eigenvalue weighted by atomic mass is 35.5. The topological polar surface area (TPSA) is 25.8 Å². The van der Waals surface area contributed by atoms with Crippen LogP contribution in [0, 0.1) is 6.92 Å². The molecule has 2 nitrogen and oxygen atoms in total. The second-order valence-corrected chi connectivity index (χ2v) is 5.53. The first-order valence-electron chi connectivity index (χ1n) is 6.82. The minimum absolute atomic E-state index is 0.520. The molecule has 0 bridgehead atoms. The van der Waals surface area contributed by atoms with Gasteiger partial charge in [-0.25, -0.2) is 9.97 Å². The summed E-state index contributed by atoms with van der Waals surface area (Å²) in [5.74, 6) is 1.43. The Morgan fingerprint density at radius 2 is 2.05 bits per heavy atom. The number of hydrogen-bond donors (Lipinski definition) is 0. The lowest BCUT2D eigenvalue weighted by Crippen LogP contribution is -1.99. The van der Waals surface area contributed by atoms with E-state index in [4.69, 9.17) is 16.6 Å². The number of nitrogens with zero attached hydrogens (tertiary/aromatic N) is 2. The van der Waals surface area contributed by atoms with Gasteiger partial charge in [-0.1, -0.05) is 36.7 Å². The molecule has 98 valence electrons. The van der Waals surface area contributed by atoms with E-state index in [1.165, 1.54) is 18.4 Å². The maximum Gasteiger partial charge on any atom is 0.136 e. The molecule has 3 heteroatoms. The Balaban J connectivity index is 2.11. The van der Waals surface area contributed by atoms with Crippen molar-refractivity contribution < 1.29 is 0 Å². The Morgan fingerprint density at radius 1 is 1.26 bits per heavy atom. The SMILES string of the molecule is CCc1cccc(-c2nc(C3CC3)nc(Cl)c2C)c1. The van der Waals surface area contributed by atoms with Crippen LogP contribution in [0.3, 0.4) is 0 Å². The monoisotopic (exact) mass is 272 g/mol. The lowest BCUT2D eigenvalue weighted by molar-refractivity contribution is 0.921. The van der Waals surface area contributed by atoms with Crippen LogP contribution in [0.15, 0.2) is 24.3 Å². The first kappa shape index (κ1) is 12.6. The number of rotatable bonds is 3. The van der Waals surface area contributed by atoms with Gasteiger partial charge >= 0.3 is 0 Å². The average molecular weight is 273 g/mol. The van der Waals surface area contributed by atoms with Crippen molar-refractivity contribution in [1.29, 1.82) is 0 Å². The fourth-order valence-electron chi connectivity index (χ4n) is 2.25. The molecule has 0 amide bonds. The highest BCUT2D eigenvalue weighted by Crippen LogP contribution is 2.40. The van der Waals surface area contributed by atoms with Gasteiger partial charge in [0, 0.05) is 17.0 Å². The van der Waals surface area contributed by atoms with E-state index in [1.54, 1.807) is 0 Å². The highest BCUT2D eigenvalue weighted by Gasteiger charge is 2.28. The van der Waals surface area contributed by atoms with Gasteiger partial charge in [0.25, 0.3) is 0 Å². The zero-order chi connectivity index (χ0) is 13.4. The molecular formula is C16H17ClN2. The van der Waals surface area contributed by atoms with E-state index in [1.807, 2.05) is 6.92 Å². The van der Waals surface area contributed by atoms with Gasteiger partial charge in [-0.3, -0.25) is 0 Å². The molecule has 1 fully saturated rings. The number of hydrogen-bond acceptors (Lipinski definition) is 2. The van der Waals surface area contributed by atoms with Crippen molar-refractivity contribution in [2.24, 2.45) is 0 Å². The second kappa shape index (κ2) is 4.93. The predicted molar refractivity (Wildman–Crippen MR) is 78.6 cm³/mol. The van der Waals surface area contributed by atoms with Gasteiger partial charge in [0.1, 0.15) is 11.0 Å². The second-order valence-electron chi connectivity index (χ2n) is 5.17. The number of halogens is 1. The molecule has 0 spiro atoms. The van der Waals surface area contributed by atoms with Crippen molar-refractivity contribution in [3.8, 4) is 11.3 Å². The van der Waals surface area contributed by atoms with Crippen LogP contribution >= 0.6 is 11.6 Å². The van der Waals surface area contributed by atoms with Crippen molar-refractivity contribution in [2.75, 3.05) is 0 Å². The van der Waals surface area contributed by atoms with Gasteiger partial charge < -0.3 is 0 Å². The van der Waals surface area contributed by atoms with Gasteiger partial charge in [-0.15, -0.1) is 0 Å². The first-order chi connectivity index (χ1) is 9.19. The number of aromatic nitrogens is 2. The third-order valence-electron chi connectivity index (χ3n) is 3.65. The standard InChI is InChI=1S/C16H17ClN2/c1-3-11-5-4-6-13(9-11)14-10(2)15(17)19-16(18-14)12-7-8-12/h4-6,9,12H,3,7-8H2,1-2H3. The molecule has 1 aromatic carbocycles. The molecule has 1 aliphatic rings. The summed E-state index contributed by atoms with van der Waals surface area (Å²) in [5, 5.41) is 0.591. The van der Waals surface area contributed by atoms with E-state index in [0.29, 0.717) is 11.1 Å². The van der Waals surface area contributed by atoms with E-state index >= 15 is 0 Å². The summed E-state index contributed by atoms with van der Waals surface area (Å²) in [6.07, 6.45) is 3.41. The van der Waals surface area contributed by atoms with Gasteiger partial charge in [0.2, 0.25) is 0 Å². The van der Waals surface area contributed by atoms with Crippen molar-refractivity contribution in [2.45, 2.75) is 39.0 Å². The molecule has 0 atom stereocenters. The zero-order valence-corrected chi connectivity index (χ0v) is 12.0. The van der Waals surface area contributed by atoms with Crippen LogP contribution in [0.25, 0.3) is 11.3 Å². The van der Waals surface area contributed by atoms with Gasteiger partial charge in [0.05, 0.1) is 5.69 Å².